The molecule has 13 heteroatoms. The lowest BCUT2D eigenvalue weighted by molar-refractivity contribution is -0.285. The summed E-state index contributed by atoms with van der Waals surface area (Å²) < 4.78 is 31.9. The van der Waals surface area contributed by atoms with Crippen molar-refractivity contribution in [3.8, 4) is 0 Å². The zero-order valence-electron chi connectivity index (χ0n) is 8.15. The van der Waals surface area contributed by atoms with Crippen LogP contribution in [0.25, 0.3) is 0 Å². The van der Waals surface area contributed by atoms with Crippen molar-refractivity contribution in [3.05, 3.63) is 0 Å². The van der Waals surface area contributed by atoms with Crippen molar-refractivity contribution in [2.45, 2.75) is 6.04 Å². The topological polar surface area (TPSA) is 134 Å². The first-order valence-electron chi connectivity index (χ1n) is 4.32. The molecule has 96 valence electrons. The van der Waals surface area contributed by atoms with E-state index in [-0.39, 0.29) is 10.1 Å². The zero-order chi connectivity index (χ0) is 13.0. The fourth-order valence-electron chi connectivity index (χ4n) is 1.56. The van der Waals surface area contributed by atoms with E-state index in [1.54, 1.807) is 0 Å². The van der Waals surface area contributed by atoms with Gasteiger partial charge in [0.15, 0.2) is 0 Å². The minimum atomic E-state index is -2.58. The van der Waals surface area contributed by atoms with Gasteiger partial charge in [-0.15, -0.1) is 0 Å². The monoisotopic (exact) mass is 295 g/mol. The summed E-state index contributed by atoms with van der Waals surface area (Å²) in [6, 6.07) is -3.22. The molecule has 3 unspecified atom stereocenters. The Balaban J connectivity index is 2.25. The maximum Gasteiger partial charge on any atom is 0.476 e. The van der Waals surface area contributed by atoms with Gasteiger partial charge in [0.1, 0.15) is 0 Å². The zero-order valence-corrected chi connectivity index (χ0v) is 9.78. The molecule has 5 amide bonds. The molecule has 0 aromatic carbocycles. The molecule has 0 radical (unpaired) electrons. The van der Waals surface area contributed by atoms with Gasteiger partial charge in [-0.2, -0.15) is 8.42 Å². The van der Waals surface area contributed by atoms with Gasteiger partial charge in [0, 0.05) is 0 Å². The van der Waals surface area contributed by atoms with E-state index in [4.69, 9.17) is 0 Å². The maximum absolute atomic E-state index is 11.8. The SMILES string of the molecule is O=C1NC2=[N+]3C(=O)N(C(=O)C2N1)S(=O)OOS3=O. The number of imide groups is 1. The minimum absolute atomic E-state index is 0.201. The van der Waals surface area contributed by atoms with Crippen molar-refractivity contribution in [2.24, 2.45) is 0 Å². The lowest BCUT2D eigenvalue weighted by atomic mass is 10.2. The molecule has 0 aliphatic carbocycles. The highest BCUT2D eigenvalue weighted by atomic mass is 32.2. The molecule has 3 rings (SSSR count). The molecule has 18 heavy (non-hydrogen) atoms. The van der Waals surface area contributed by atoms with E-state index in [2.05, 4.69) is 19.3 Å². The van der Waals surface area contributed by atoms with E-state index in [0.717, 1.165) is 0 Å². The van der Waals surface area contributed by atoms with Crippen LogP contribution in [0.2, 0.25) is 0 Å². The molecule has 0 saturated carbocycles. The fraction of sp³-hybridized carbons (Fsp3) is 0.200. The highest BCUT2D eigenvalue weighted by Crippen LogP contribution is 2.19. The van der Waals surface area contributed by atoms with Crippen LogP contribution in [-0.4, -0.2) is 46.6 Å². The lowest BCUT2D eigenvalue weighted by Crippen LogP contribution is -2.59. The molecule has 11 nitrogen and oxygen atoms in total. The van der Waals surface area contributed by atoms with Crippen LogP contribution in [-0.2, 0) is 36.0 Å². The molecule has 2 fully saturated rings. The van der Waals surface area contributed by atoms with Gasteiger partial charge in [-0.1, -0.05) is 17.0 Å². The van der Waals surface area contributed by atoms with Crippen molar-refractivity contribution < 1.29 is 35.4 Å². The molecule has 2 N–H and O–H groups in total. The van der Waals surface area contributed by atoms with Crippen LogP contribution in [0.3, 0.4) is 0 Å². The Morgan fingerprint density at radius 3 is 2.67 bits per heavy atom. The fourth-order valence-corrected chi connectivity index (χ4v) is 3.09. The second-order valence-electron chi connectivity index (χ2n) is 3.20. The van der Waals surface area contributed by atoms with Gasteiger partial charge in [-0.25, -0.2) is 14.9 Å². The number of fused-ring (bicyclic) bond motifs is 3. The third kappa shape index (κ3) is 1.35. The molecule has 0 spiro atoms. The first kappa shape index (κ1) is 11.4. The third-order valence-corrected chi connectivity index (χ3v) is 3.99. The Hall–Kier alpha value is -1.70. The third-order valence-electron chi connectivity index (χ3n) is 2.25. The molecule has 2 bridgehead atoms. The predicted octanol–water partition coefficient (Wildman–Crippen LogP) is -2.84. The second-order valence-corrected chi connectivity index (χ2v) is 5.07. The van der Waals surface area contributed by atoms with Gasteiger partial charge in [0.05, 0.1) is 0 Å². The summed E-state index contributed by atoms with van der Waals surface area (Å²) in [7, 11) is 0. The Bertz CT molecular complexity index is 584. The number of rotatable bonds is 0. The molecule has 0 aromatic rings. The van der Waals surface area contributed by atoms with Gasteiger partial charge >= 0.3 is 40.5 Å². The van der Waals surface area contributed by atoms with Crippen molar-refractivity contribution in [1.29, 1.82) is 0 Å². The van der Waals surface area contributed by atoms with Gasteiger partial charge in [-0.05, 0) is 0 Å². The highest BCUT2D eigenvalue weighted by Gasteiger charge is 2.58. The molecule has 3 aliphatic rings. The molecule has 3 heterocycles. The summed E-state index contributed by atoms with van der Waals surface area (Å²) in [6.45, 7) is 0. The number of hydrogen-bond donors (Lipinski definition) is 2. The Morgan fingerprint density at radius 1 is 1.22 bits per heavy atom. The van der Waals surface area contributed by atoms with Gasteiger partial charge in [0.2, 0.25) is 6.04 Å². The molecular formula is C5H3N4O7S2+. The number of nitrogens with one attached hydrogen (secondary N) is 2. The minimum Gasteiger partial charge on any atom is -0.302 e. The predicted molar refractivity (Wildman–Crippen MR) is 51.4 cm³/mol. The first-order chi connectivity index (χ1) is 8.50. The summed E-state index contributed by atoms with van der Waals surface area (Å²) in [5, 5.41) is 4.31. The van der Waals surface area contributed by atoms with E-state index < -0.39 is 46.5 Å². The lowest BCUT2D eigenvalue weighted by Gasteiger charge is -2.17. The number of amides is 5. The van der Waals surface area contributed by atoms with E-state index in [9.17, 15) is 22.8 Å². The largest absolute Gasteiger partial charge is 0.476 e. The number of carbonyl (C=O) groups excluding carboxylic acids is 3. The van der Waals surface area contributed by atoms with E-state index >= 15 is 0 Å². The smallest absolute Gasteiger partial charge is 0.302 e. The summed E-state index contributed by atoms with van der Waals surface area (Å²) in [5.41, 5.74) is 0. The van der Waals surface area contributed by atoms with Gasteiger partial charge in [0.25, 0.3) is 5.84 Å². The standard InChI is InChI=1S/C5H2N4O7S2/c10-3-1-2(7-4(11)6-1)8-5(12)9(3)18(14)16-15-17(8)13/h1H,(H,6,11)/p+1. The second kappa shape index (κ2) is 3.64. The molecule has 3 aliphatic heterocycles. The number of urea groups is 2. The van der Waals surface area contributed by atoms with E-state index in [0.29, 0.717) is 3.98 Å². The van der Waals surface area contributed by atoms with Crippen LogP contribution in [0.1, 0.15) is 0 Å². The number of nitrogens with zero attached hydrogens (tertiary/aromatic N) is 2. The summed E-state index contributed by atoms with van der Waals surface area (Å²) in [5.74, 6) is -1.24. The number of carbonyl (C=O) groups is 3. The van der Waals surface area contributed by atoms with Crippen molar-refractivity contribution in [2.75, 3.05) is 0 Å². The first-order valence-corrected chi connectivity index (χ1v) is 6.38. The van der Waals surface area contributed by atoms with Crippen LogP contribution in [0.4, 0.5) is 9.59 Å². The normalized spacial score (nSPS) is 35.0. The quantitative estimate of drug-likeness (QED) is 0.363. The van der Waals surface area contributed by atoms with Crippen LogP contribution < -0.4 is 10.6 Å². The average molecular weight is 295 g/mol. The van der Waals surface area contributed by atoms with Crippen LogP contribution >= 0.6 is 0 Å². The van der Waals surface area contributed by atoms with Gasteiger partial charge < -0.3 is 5.32 Å². The summed E-state index contributed by atoms with van der Waals surface area (Å²) in [4.78, 5) is 34.7. The Morgan fingerprint density at radius 2 is 1.94 bits per heavy atom. The molecule has 3 atom stereocenters. The Kier molecular flexibility index (Phi) is 2.31. The van der Waals surface area contributed by atoms with Crippen LogP contribution in [0, 0.1) is 0 Å². The van der Waals surface area contributed by atoms with Gasteiger partial charge in [-0.3, -0.25) is 4.79 Å². The van der Waals surface area contributed by atoms with Crippen LogP contribution in [0.5, 0.6) is 0 Å². The van der Waals surface area contributed by atoms with Crippen molar-refractivity contribution >= 4 is 46.3 Å². The van der Waals surface area contributed by atoms with Crippen molar-refractivity contribution in [1.82, 2.24) is 14.9 Å². The Labute approximate surface area is 103 Å². The summed E-state index contributed by atoms with van der Waals surface area (Å²) >= 11 is -5.05. The van der Waals surface area contributed by atoms with E-state index in [1.165, 1.54) is 0 Å². The molecular weight excluding hydrogens is 292 g/mol. The summed E-state index contributed by atoms with van der Waals surface area (Å²) in [6.07, 6.45) is 0. The molecule has 0 aromatic heterocycles. The average Bonchev–Trinajstić information content (AvgIpc) is 2.64. The van der Waals surface area contributed by atoms with E-state index in [1.807, 2.05) is 0 Å². The highest BCUT2D eigenvalue weighted by molar-refractivity contribution is 7.80. The van der Waals surface area contributed by atoms with Crippen molar-refractivity contribution in [3.63, 3.8) is 0 Å². The number of amidine groups is 1. The molecule has 2 saturated heterocycles. The maximum atomic E-state index is 11.8. The van der Waals surface area contributed by atoms with Crippen LogP contribution in [0.15, 0.2) is 0 Å². The number of hydrogen-bond acceptors (Lipinski definition) is 7.